The van der Waals surface area contributed by atoms with Crippen LogP contribution in [0.3, 0.4) is 0 Å². The standard InChI is InChI=1S/C9H11BrN2O3/c1-2-8(13)11-7-5-3-4-6(10)9(7)12(14)15/h3-5,8,11,13H,2H2,1H3. The molecule has 82 valence electrons. The lowest BCUT2D eigenvalue weighted by atomic mass is 10.2. The monoisotopic (exact) mass is 274 g/mol. The Morgan fingerprint density at radius 1 is 1.67 bits per heavy atom. The number of aliphatic hydroxyl groups excluding tert-OH is 1. The van der Waals surface area contributed by atoms with Gasteiger partial charge in [0.25, 0.3) is 0 Å². The first-order valence-corrected chi connectivity index (χ1v) is 5.23. The summed E-state index contributed by atoms with van der Waals surface area (Å²) in [6.07, 6.45) is -0.304. The van der Waals surface area contributed by atoms with Crippen LogP contribution in [0.4, 0.5) is 11.4 Å². The highest BCUT2D eigenvalue weighted by molar-refractivity contribution is 9.10. The summed E-state index contributed by atoms with van der Waals surface area (Å²) in [4.78, 5) is 10.3. The lowest BCUT2D eigenvalue weighted by Gasteiger charge is -2.12. The molecular weight excluding hydrogens is 264 g/mol. The van der Waals surface area contributed by atoms with E-state index in [4.69, 9.17) is 0 Å². The zero-order valence-corrected chi connectivity index (χ0v) is 9.69. The van der Waals surface area contributed by atoms with Crippen LogP contribution in [0.25, 0.3) is 0 Å². The van der Waals surface area contributed by atoms with E-state index in [0.717, 1.165) is 0 Å². The van der Waals surface area contributed by atoms with Crippen molar-refractivity contribution >= 4 is 27.3 Å². The number of nitro benzene ring substituents is 1. The van der Waals surface area contributed by atoms with Crippen LogP contribution in [-0.4, -0.2) is 16.3 Å². The van der Waals surface area contributed by atoms with Gasteiger partial charge in [0, 0.05) is 0 Å². The van der Waals surface area contributed by atoms with Crippen LogP contribution in [0.2, 0.25) is 0 Å². The van der Waals surface area contributed by atoms with Gasteiger partial charge in [-0.1, -0.05) is 13.0 Å². The number of nitro groups is 1. The maximum Gasteiger partial charge on any atom is 0.306 e. The molecular formula is C9H11BrN2O3. The van der Waals surface area contributed by atoms with Crippen molar-refractivity contribution in [3.05, 3.63) is 32.8 Å². The van der Waals surface area contributed by atoms with Gasteiger partial charge in [0.15, 0.2) is 0 Å². The summed E-state index contributed by atoms with van der Waals surface area (Å²) in [6, 6.07) is 4.81. The first kappa shape index (κ1) is 11.9. The molecule has 0 saturated heterocycles. The maximum atomic E-state index is 10.8. The van der Waals surface area contributed by atoms with E-state index in [-0.39, 0.29) is 5.69 Å². The van der Waals surface area contributed by atoms with Gasteiger partial charge in [-0.2, -0.15) is 0 Å². The second-order valence-corrected chi connectivity index (χ2v) is 3.82. The summed E-state index contributed by atoms with van der Waals surface area (Å²) in [5.74, 6) is 0. The Balaban J connectivity index is 3.06. The van der Waals surface area contributed by atoms with Gasteiger partial charge >= 0.3 is 5.69 Å². The normalized spacial score (nSPS) is 12.2. The number of anilines is 1. The fourth-order valence-corrected chi connectivity index (χ4v) is 1.61. The van der Waals surface area contributed by atoms with Crippen molar-refractivity contribution < 1.29 is 10.0 Å². The van der Waals surface area contributed by atoms with E-state index in [1.54, 1.807) is 25.1 Å². The zero-order valence-electron chi connectivity index (χ0n) is 8.11. The molecule has 0 aliphatic rings. The van der Waals surface area contributed by atoms with E-state index >= 15 is 0 Å². The first-order chi connectivity index (χ1) is 7.06. The number of para-hydroxylation sites is 1. The van der Waals surface area contributed by atoms with Gasteiger partial charge in [-0.25, -0.2) is 0 Å². The van der Waals surface area contributed by atoms with E-state index in [1.165, 1.54) is 0 Å². The predicted octanol–water partition coefficient (Wildman–Crippen LogP) is 2.50. The minimum absolute atomic E-state index is 0.0648. The summed E-state index contributed by atoms with van der Waals surface area (Å²) >= 11 is 3.10. The fraction of sp³-hybridized carbons (Fsp3) is 0.333. The van der Waals surface area contributed by atoms with Crippen molar-refractivity contribution in [3.8, 4) is 0 Å². The molecule has 5 nitrogen and oxygen atoms in total. The Morgan fingerprint density at radius 2 is 2.33 bits per heavy atom. The second kappa shape index (κ2) is 5.09. The molecule has 0 fully saturated rings. The van der Waals surface area contributed by atoms with Crippen molar-refractivity contribution in [3.63, 3.8) is 0 Å². The van der Waals surface area contributed by atoms with E-state index in [1.807, 2.05) is 0 Å². The highest BCUT2D eigenvalue weighted by Crippen LogP contribution is 2.32. The van der Waals surface area contributed by atoms with Crippen LogP contribution in [0, 0.1) is 10.1 Å². The van der Waals surface area contributed by atoms with Crippen molar-refractivity contribution in [1.29, 1.82) is 0 Å². The molecule has 0 aliphatic carbocycles. The van der Waals surface area contributed by atoms with E-state index < -0.39 is 11.2 Å². The Kier molecular flexibility index (Phi) is 4.05. The van der Waals surface area contributed by atoms with Crippen molar-refractivity contribution in [1.82, 2.24) is 0 Å². The fourth-order valence-electron chi connectivity index (χ4n) is 1.10. The van der Waals surface area contributed by atoms with Gasteiger partial charge in [0.2, 0.25) is 0 Å². The summed E-state index contributed by atoms with van der Waals surface area (Å²) < 4.78 is 0.390. The number of nitrogens with one attached hydrogen (secondary N) is 1. The number of rotatable bonds is 4. The minimum atomic E-state index is -0.780. The summed E-state index contributed by atoms with van der Waals surface area (Å²) in [5.41, 5.74) is 0.244. The molecule has 1 aromatic rings. The molecule has 0 radical (unpaired) electrons. The molecule has 2 N–H and O–H groups in total. The third kappa shape index (κ3) is 2.90. The number of nitrogens with zero attached hydrogens (tertiary/aromatic N) is 1. The number of hydrogen-bond acceptors (Lipinski definition) is 4. The van der Waals surface area contributed by atoms with E-state index in [9.17, 15) is 15.2 Å². The number of benzene rings is 1. The Morgan fingerprint density at radius 3 is 2.87 bits per heavy atom. The zero-order chi connectivity index (χ0) is 11.4. The van der Waals surface area contributed by atoms with Crippen LogP contribution >= 0.6 is 15.9 Å². The van der Waals surface area contributed by atoms with E-state index in [2.05, 4.69) is 21.2 Å². The van der Waals surface area contributed by atoms with Gasteiger partial charge in [0.05, 0.1) is 9.40 Å². The Bertz CT molecular complexity index is 370. The molecule has 0 heterocycles. The smallest absolute Gasteiger partial charge is 0.306 e. The highest BCUT2D eigenvalue weighted by Gasteiger charge is 2.18. The van der Waals surface area contributed by atoms with Crippen LogP contribution < -0.4 is 5.32 Å². The molecule has 15 heavy (non-hydrogen) atoms. The number of halogens is 1. The summed E-state index contributed by atoms with van der Waals surface area (Å²) in [5, 5.41) is 22.8. The summed E-state index contributed by atoms with van der Waals surface area (Å²) in [6.45, 7) is 1.78. The van der Waals surface area contributed by atoms with Gasteiger partial charge in [0.1, 0.15) is 11.9 Å². The molecule has 1 aromatic carbocycles. The van der Waals surface area contributed by atoms with Gasteiger partial charge < -0.3 is 10.4 Å². The van der Waals surface area contributed by atoms with Crippen molar-refractivity contribution in [2.45, 2.75) is 19.6 Å². The molecule has 0 bridgehead atoms. The van der Waals surface area contributed by atoms with Crippen LogP contribution in [0.5, 0.6) is 0 Å². The average molecular weight is 275 g/mol. The number of aliphatic hydroxyl groups is 1. The largest absolute Gasteiger partial charge is 0.374 e. The molecule has 0 spiro atoms. The molecule has 0 aliphatic heterocycles. The quantitative estimate of drug-likeness (QED) is 0.503. The second-order valence-electron chi connectivity index (χ2n) is 2.96. The summed E-state index contributed by atoms with van der Waals surface area (Å²) in [7, 11) is 0. The Hall–Kier alpha value is -1.14. The van der Waals surface area contributed by atoms with Crippen molar-refractivity contribution in [2.24, 2.45) is 0 Å². The van der Waals surface area contributed by atoms with Gasteiger partial charge in [-0.15, -0.1) is 0 Å². The minimum Gasteiger partial charge on any atom is -0.374 e. The SMILES string of the molecule is CCC(O)Nc1cccc(Br)c1[N+](=O)[O-]. The molecule has 6 heteroatoms. The van der Waals surface area contributed by atoms with Crippen molar-refractivity contribution in [2.75, 3.05) is 5.32 Å². The molecule has 0 saturated carbocycles. The topological polar surface area (TPSA) is 75.4 Å². The highest BCUT2D eigenvalue weighted by atomic mass is 79.9. The molecule has 1 rings (SSSR count). The molecule has 0 amide bonds. The maximum absolute atomic E-state index is 10.8. The van der Waals surface area contributed by atoms with Gasteiger partial charge in [-0.3, -0.25) is 10.1 Å². The predicted molar refractivity (Wildman–Crippen MR) is 60.7 cm³/mol. The third-order valence-electron chi connectivity index (χ3n) is 1.88. The molecule has 1 unspecified atom stereocenters. The average Bonchev–Trinajstić information content (AvgIpc) is 2.17. The van der Waals surface area contributed by atoms with Crippen LogP contribution in [0.1, 0.15) is 13.3 Å². The lowest BCUT2D eigenvalue weighted by Crippen LogP contribution is -2.17. The number of hydrogen-bond donors (Lipinski definition) is 2. The van der Waals surface area contributed by atoms with Gasteiger partial charge in [-0.05, 0) is 34.5 Å². The molecule has 0 aromatic heterocycles. The van der Waals surface area contributed by atoms with Crippen LogP contribution in [0.15, 0.2) is 22.7 Å². The lowest BCUT2D eigenvalue weighted by molar-refractivity contribution is -0.384. The first-order valence-electron chi connectivity index (χ1n) is 4.43. The third-order valence-corrected chi connectivity index (χ3v) is 2.52. The van der Waals surface area contributed by atoms with E-state index in [0.29, 0.717) is 16.6 Å². The van der Waals surface area contributed by atoms with Crippen LogP contribution in [-0.2, 0) is 0 Å². The Labute approximate surface area is 95.4 Å². The molecule has 1 atom stereocenters.